The Kier molecular flexibility index (Phi) is 9.21. The second kappa shape index (κ2) is 13.6. The van der Waals surface area contributed by atoms with Gasteiger partial charge < -0.3 is 14.2 Å². The molecule has 1 saturated heterocycles. The summed E-state index contributed by atoms with van der Waals surface area (Å²) in [5.74, 6) is -0.0510. The van der Waals surface area contributed by atoms with Crippen molar-refractivity contribution in [3.63, 3.8) is 0 Å². The summed E-state index contributed by atoms with van der Waals surface area (Å²) < 4.78 is 7.71. The number of carbonyl (C=O) groups excluding carboxylic acids is 2. The smallest absolute Gasteiger partial charge is 0.410 e. The Hall–Kier alpha value is -5.23. The lowest BCUT2D eigenvalue weighted by atomic mass is 9.77. The summed E-state index contributed by atoms with van der Waals surface area (Å²) in [6, 6.07) is 39.6. The number of imidazole rings is 1. The third-order valence-electron chi connectivity index (χ3n) is 8.76. The second-order valence-corrected chi connectivity index (χ2v) is 13.0. The summed E-state index contributed by atoms with van der Waals surface area (Å²) in [7, 11) is 0. The normalized spacial score (nSPS) is 14.3. The van der Waals surface area contributed by atoms with Crippen molar-refractivity contribution in [2.24, 2.45) is 5.92 Å². The van der Waals surface area contributed by atoms with E-state index in [2.05, 4.69) is 83.6 Å². The highest BCUT2D eigenvalue weighted by molar-refractivity contribution is 5.96. The van der Waals surface area contributed by atoms with E-state index in [1.54, 1.807) is 11.0 Å². The van der Waals surface area contributed by atoms with E-state index >= 15 is 0 Å². The van der Waals surface area contributed by atoms with Crippen molar-refractivity contribution >= 4 is 18.0 Å². The first-order valence-corrected chi connectivity index (χ1v) is 16.3. The minimum absolute atomic E-state index is 0.0745. The van der Waals surface area contributed by atoms with Crippen molar-refractivity contribution in [1.82, 2.24) is 14.5 Å². The molecule has 0 saturated carbocycles. The Balaban J connectivity index is 1.30. The number of hydrogen-bond donors (Lipinski definition) is 0. The number of ether oxygens (including phenoxy) is 1. The van der Waals surface area contributed by atoms with Crippen LogP contribution in [0.25, 0.3) is 17.3 Å². The van der Waals surface area contributed by atoms with Crippen LogP contribution < -0.4 is 0 Å². The zero-order valence-corrected chi connectivity index (χ0v) is 27.3. The first-order chi connectivity index (χ1) is 22.8. The third-order valence-corrected chi connectivity index (χ3v) is 8.76. The Morgan fingerprint density at radius 2 is 1.26 bits per heavy atom. The number of ketones is 1. The van der Waals surface area contributed by atoms with Crippen LogP contribution in [0.3, 0.4) is 0 Å². The molecule has 0 N–H and O–H groups in total. The van der Waals surface area contributed by atoms with Gasteiger partial charge in [0.2, 0.25) is 0 Å². The third kappa shape index (κ3) is 6.82. The monoisotopic (exact) mass is 623 g/mol. The van der Waals surface area contributed by atoms with Gasteiger partial charge in [0.15, 0.2) is 5.78 Å². The molecule has 0 atom stereocenters. The van der Waals surface area contributed by atoms with Crippen LogP contribution in [0.4, 0.5) is 4.79 Å². The fraction of sp³-hybridized carbons (Fsp3) is 0.244. The van der Waals surface area contributed by atoms with E-state index in [9.17, 15) is 9.59 Å². The molecular weight excluding hydrogens is 582 g/mol. The van der Waals surface area contributed by atoms with Gasteiger partial charge in [-0.05, 0) is 61.9 Å². The first kappa shape index (κ1) is 31.7. The number of amides is 1. The number of allylic oxidation sites excluding steroid dienone is 1. The fourth-order valence-electron chi connectivity index (χ4n) is 6.49. The van der Waals surface area contributed by atoms with Gasteiger partial charge >= 0.3 is 6.09 Å². The molecule has 1 fully saturated rings. The molecule has 1 aliphatic rings. The van der Waals surface area contributed by atoms with Crippen LogP contribution in [0, 0.1) is 5.92 Å². The summed E-state index contributed by atoms with van der Waals surface area (Å²) in [6.45, 7) is 6.61. The summed E-state index contributed by atoms with van der Waals surface area (Å²) in [5.41, 5.74) is 4.84. The number of nitrogens with zero attached hydrogens (tertiary/aromatic N) is 3. The SMILES string of the molecule is CC(C)(C)OC(=O)N1CCC(C(=O)C=Cc2ccccc2-c2cn(C(c3ccccc3)(c3ccccc3)c3ccccc3)cn2)CC1. The number of likely N-dealkylation sites (tertiary alicyclic amines) is 1. The summed E-state index contributed by atoms with van der Waals surface area (Å²) in [5, 5.41) is 0. The second-order valence-electron chi connectivity index (χ2n) is 13.0. The largest absolute Gasteiger partial charge is 0.444 e. The van der Waals surface area contributed by atoms with E-state index in [-0.39, 0.29) is 17.8 Å². The number of rotatable bonds is 8. The van der Waals surface area contributed by atoms with Gasteiger partial charge in [-0.3, -0.25) is 4.79 Å². The minimum Gasteiger partial charge on any atom is -0.444 e. The minimum atomic E-state index is -0.663. The lowest BCUT2D eigenvalue weighted by Crippen LogP contribution is -2.42. The van der Waals surface area contributed by atoms with E-state index < -0.39 is 11.1 Å². The van der Waals surface area contributed by atoms with Crippen LogP contribution in [-0.4, -0.2) is 45.0 Å². The van der Waals surface area contributed by atoms with E-state index in [0.717, 1.165) is 33.5 Å². The van der Waals surface area contributed by atoms with Gasteiger partial charge in [-0.1, -0.05) is 121 Å². The van der Waals surface area contributed by atoms with Gasteiger partial charge in [-0.2, -0.15) is 0 Å². The van der Waals surface area contributed by atoms with E-state index in [1.165, 1.54) is 0 Å². The quantitative estimate of drug-likeness (QED) is 0.128. The van der Waals surface area contributed by atoms with Crippen molar-refractivity contribution in [2.45, 2.75) is 44.8 Å². The van der Waals surface area contributed by atoms with Gasteiger partial charge in [-0.25, -0.2) is 9.78 Å². The molecule has 1 aliphatic heterocycles. The number of aromatic nitrogens is 2. The van der Waals surface area contributed by atoms with E-state index in [0.29, 0.717) is 25.9 Å². The molecule has 6 nitrogen and oxygen atoms in total. The molecule has 0 aliphatic carbocycles. The number of carbonyl (C=O) groups is 2. The standard InChI is InChI=1S/C41H41N3O3/c1-40(2,3)47-39(46)43-27-25-32(26-28-43)38(45)24-23-31-15-13-14-22-36(31)37-29-44(30-42-37)41(33-16-7-4-8-17-33,34-18-9-5-10-19-34)35-20-11-6-12-21-35/h4-24,29-30,32H,25-28H2,1-3H3. The molecule has 6 heteroatoms. The first-order valence-electron chi connectivity index (χ1n) is 16.3. The van der Waals surface area contributed by atoms with Gasteiger partial charge in [0.1, 0.15) is 11.1 Å². The van der Waals surface area contributed by atoms with Crippen LogP contribution in [-0.2, 0) is 15.1 Å². The molecule has 6 rings (SSSR count). The highest BCUT2D eigenvalue weighted by Gasteiger charge is 2.38. The van der Waals surface area contributed by atoms with Crippen LogP contribution >= 0.6 is 0 Å². The number of benzene rings is 4. The molecule has 0 bridgehead atoms. The maximum atomic E-state index is 13.3. The molecule has 0 unspecified atom stereocenters. The summed E-state index contributed by atoms with van der Waals surface area (Å²) in [4.78, 5) is 32.4. The Labute approximate surface area is 277 Å². The highest BCUT2D eigenvalue weighted by Crippen LogP contribution is 2.41. The maximum Gasteiger partial charge on any atom is 0.410 e. The Morgan fingerprint density at radius 1 is 0.745 bits per heavy atom. The van der Waals surface area contributed by atoms with Crippen molar-refractivity contribution in [3.05, 3.63) is 156 Å². The van der Waals surface area contributed by atoms with Crippen LogP contribution in [0.1, 0.15) is 55.9 Å². The number of piperidine rings is 1. The van der Waals surface area contributed by atoms with Crippen molar-refractivity contribution in [2.75, 3.05) is 13.1 Å². The lowest BCUT2D eigenvalue weighted by molar-refractivity contribution is -0.119. The molecule has 2 heterocycles. The molecule has 0 radical (unpaired) electrons. The Bertz CT molecular complexity index is 1730. The average molecular weight is 624 g/mol. The molecule has 0 spiro atoms. The molecular formula is C41H41N3O3. The van der Waals surface area contributed by atoms with Crippen molar-refractivity contribution in [1.29, 1.82) is 0 Å². The number of hydrogen-bond acceptors (Lipinski definition) is 4. The van der Waals surface area contributed by atoms with E-state index in [4.69, 9.17) is 9.72 Å². The summed E-state index contributed by atoms with van der Waals surface area (Å²) in [6.07, 6.45) is 8.52. The predicted octanol–water partition coefficient (Wildman–Crippen LogP) is 8.62. The van der Waals surface area contributed by atoms with Crippen LogP contribution in [0.15, 0.2) is 134 Å². The van der Waals surface area contributed by atoms with Crippen LogP contribution in [0.2, 0.25) is 0 Å². The summed E-state index contributed by atoms with van der Waals surface area (Å²) >= 11 is 0. The predicted molar refractivity (Wildman–Crippen MR) is 187 cm³/mol. The average Bonchev–Trinajstić information content (AvgIpc) is 3.59. The zero-order chi connectivity index (χ0) is 32.9. The Morgan fingerprint density at radius 3 is 1.79 bits per heavy atom. The molecule has 5 aromatic rings. The molecule has 1 aromatic heterocycles. The highest BCUT2D eigenvalue weighted by atomic mass is 16.6. The van der Waals surface area contributed by atoms with Gasteiger partial charge in [-0.15, -0.1) is 0 Å². The molecule has 4 aromatic carbocycles. The fourth-order valence-corrected chi connectivity index (χ4v) is 6.49. The van der Waals surface area contributed by atoms with Gasteiger partial charge in [0.05, 0.1) is 12.0 Å². The van der Waals surface area contributed by atoms with Crippen molar-refractivity contribution in [3.8, 4) is 11.3 Å². The van der Waals surface area contributed by atoms with E-state index in [1.807, 2.05) is 75.6 Å². The van der Waals surface area contributed by atoms with Crippen molar-refractivity contribution < 1.29 is 14.3 Å². The molecule has 238 valence electrons. The molecule has 1 amide bonds. The zero-order valence-electron chi connectivity index (χ0n) is 27.3. The van der Waals surface area contributed by atoms with Crippen LogP contribution in [0.5, 0.6) is 0 Å². The van der Waals surface area contributed by atoms with Gasteiger partial charge in [0, 0.05) is 30.8 Å². The van der Waals surface area contributed by atoms with Gasteiger partial charge in [0.25, 0.3) is 0 Å². The maximum absolute atomic E-state index is 13.3. The topological polar surface area (TPSA) is 64.4 Å². The molecule has 47 heavy (non-hydrogen) atoms. The lowest BCUT2D eigenvalue weighted by Gasteiger charge is -2.37.